The molecular formula is C16H14O3. The van der Waals surface area contributed by atoms with E-state index in [1.54, 1.807) is 13.0 Å². The van der Waals surface area contributed by atoms with Crippen molar-refractivity contribution in [2.45, 2.75) is 6.92 Å². The average Bonchev–Trinajstić information content (AvgIpc) is 2.42. The molecule has 0 bridgehead atoms. The van der Waals surface area contributed by atoms with Crippen molar-refractivity contribution in [2.24, 2.45) is 0 Å². The Morgan fingerprint density at radius 1 is 1.00 bits per heavy atom. The monoisotopic (exact) mass is 254 g/mol. The molecule has 2 rings (SSSR count). The number of hydrogen-bond donors (Lipinski definition) is 1. The first-order valence-corrected chi connectivity index (χ1v) is 5.90. The number of carboxylic acids is 1. The van der Waals surface area contributed by atoms with E-state index in [0.29, 0.717) is 5.57 Å². The van der Waals surface area contributed by atoms with Gasteiger partial charge in [0.15, 0.2) is 0 Å². The highest BCUT2D eigenvalue weighted by molar-refractivity contribution is 5.91. The van der Waals surface area contributed by atoms with Crippen LogP contribution in [0.3, 0.4) is 0 Å². The van der Waals surface area contributed by atoms with Crippen molar-refractivity contribution in [1.29, 1.82) is 0 Å². The fraction of sp³-hybridized carbons (Fsp3) is 0.0625. The zero-order chi connectivity index (χ0) is 13.7. The average molecular weight is 254 g/mol. The first-order valence-electron chi connectivity index (χ1n) is 5.90. The Labute approximate surface area is 111 Å². The number of para-hydroxylation sites is 1. The predicted octanol–water partition coefficient (Wildman–Crippen LogP) is 3.97. The van der Waals surface area contributed by atoms with Crippen molar-refractivity contribution in [3.63, 3.8) is 0 Å². The fourth-order valence-electron chi connectivity index (χ4n) is 1.57. The third-order valence-corrected chi connectivity index (χ3v) is 2.58. The van der Waals surface area contributed by atoms with E-state index in [2.05, 4.69) is 0 Å². The molecule has 3 heteroatoms. The summed E-state index contributed by atoms with van der Waals surface area (Å²) in [6, 6.07) is 16.8. The Bertz CT molecular complexity index is 583. The Hall–Kier alpha value is -2.55. The second kappa shape index (κ2) is 5.87. The van der Waals surface area contributed by atoms with Crippen LogP contribution >= 0.6 is 0 Å². The van der Waals surface area contributed by atoms with E-state index >= 15 is 0 Å². The largest absolute Gasteiger partial charge is 0.478 e. The molecule has 3 nitrogen and oxygen atoms in total. The van der Waals surface area contributed by atoms with Gasteiger partial charge in [-0.2, -0.15) is 0 Å². The third-order valence-electron chi connectivity index (χ3n) is 2.58. The smallest absolute Gasteiger partial charge is 0.331 e. The van der Waals surface area contributed by atoms with Crippen LogP contribution in [0, 0.1) is 0 Å². The maximum atomic E-state index is 10.7. The summed E-state index contributed by atoms with van der Waals surface area (Å²) in [6.07, 6.45) is 1.62. The summed E-state index contributed by atoms with van der Waals surface area (Å²) in [5, 5.41) is 8.80. The molecule has 0 unspecified atom stereocenters. The second-order valence-corrected chi connectivity index (χ2v) is 4.12. The van der Waals surface area contributed by atoms with Gasteiger partial charge in [-0.3, -0.25) is 0 Å². The number of rotatable bonds is 4. The first kappa shape index (κ1) is 12.9. The van der Waals surface area contributed by atoms with E-state index in [9.17, 15) is 4.79 Å². The molecule has 0 amide bonds. The van der Waals surface area contributed by atoms with Crippen LogP contribution in [0.15, 0.2) is 60.2 Å². The van der Waals surface area contributed by atoms with Crippen molar-refractivity contribution in [3.8, 4) is 11.5 Å². The Morgan fingerprint density at radius 3 is 2.16 bits per heavy atom. The molecule has 0 aliphatic rings. The van der Waals surface area contributed by atoms with Gasteiger partial charge in [0.2, 0.25) is 0 Å². The molecule has 0 aliphatic heterocycles. The minimum Gasteiger partial charge on any atom is -0.478 e. The molecule has 2 aromatic carbocycles. The van der Waals surface area contributed by atoms with Crippen molar-refractivity contribution >= 4 is 12.0 Å². The molecule has 0 saturated heterocycles. The summed E-state index contributed by atoms with van der Waals surface area (Å²) in [7, 11) is 0. The van der Waals surface area contributed by atoms with Gasteiger partial charge >= 0.3 is 5.97 Å². The van der Waals surface area contributed by atoms with Gasteiger partial charge < -0.3 is 9.84 Å². The molecule has 2 aromatic rings. The molecule has 0 fully saturated rings. The van der Waals surface area contributed by atoms with Crippen LogP contribution in [0.1, 0.15) is 12.5 Å². The quantitative estimate of drug-likeness (QED) is 0.840. The van der Waals surface area contributed by atoms with Crippen molar-refractivity contribution in [3.05, 3.63) is 65.7 Å². The van der Waals surface area contributed by atoms with E-state index in [0.717, 1.165) is 17.1 Å². The fourth-order valence-corrected chi connectivity index (χ4v) is 1.57. The zero-order valence-corrected chi connectivity index (χ0v) is 10.5. The van der Waals surface area contributed by atoms with E-state index in [-0.39, 0.29) is 0 Å². The van der Waals surface area contributed by atoms with Crippen molar-refractivity contribution in [2.75, 3.05) is 0 Å². The molecule has 0 spiro atoms. The van der Waals surface area contributed by atoms with Gasteiger partial charge in [0.25, 0.3) is 0 Å². The van der Waals surface area contributed by atoms with Crippen molar-refractivity contribution in [1.82, 2.24) is 0 Å². The second-order valence-electron chi connectivity index (χ2n) is 4.12. The molecule has 0 radical (unpaired) electrons. The van der Waals surface area contributed by atoms with Crippen LogP contribution in [0.2, 0.25) is 0 Å². The minimum absolute atomic E-state index is 0.303. The van der Waals surface area contributed by atoms with Gasteiger partial charge in [-0.05, 0) is 42.8 Å². The molecule has 0 atom stereocenters. The van der Waals surface area contributed by atoms with Crippen LogP contribution in [0.4, 0.5) is 0 Å². The number of hydrogen-bond acceptors (Lipinski definition) is 2. The zero-order valence-electron chi connectivity index (χ0n) is 10.5. The molecule has 0 aromatic heterocycles. The highest BCUT2D eigenvalue weighted by atomic mass is 16.5. The molecule has 19 heavy (non-hydrogen) atoms. The van der Waals surface area contributed by atoms with E-state index in [4.69, 9.17) is 9.84 Å². The van der Waals surface area contributed by atoms with Gasteiger partial charge in [0.1, 0.15) is 11.5 Å². The highest BCUT2D eigenvalue weighted by Crippen LogP contribution is 2.21. The van der Waals surface area contributed by atoms with E-state index in [1.165, 1.54) is 0 Å². The lowest BCUT2D eigenvalue weighted by atomic mass is 10.1. The Kier molecular flexibility index (Phi) is 3.98. The van der Waals surface area contributed by atoms with Crippen molar-refractivity contribution < 1.29 is 14.6 Å². The van der Waals surface area contributed by atoms with Gasteiger partial charge in [0, 0.05) is 5.57 Å². The number of benzene rings is 2. The summed E-state index contributed by atoms with van der Waals surface area (Å²) in [5.41, 5.74) is 1.14. The molecule has 96 valence electrons. The third kappa shape index (κ3) is 3.71. The topological polar surface area (TPSA) is 46.5 Å². The Balaban J connectivity index is 2.11. The predicted molar refractivity (Wildman–Crippen MR) is 74.2 cm³/mol. The molecule has 0 heterocycles. The lowest BCUT2D eigenvalue weighted by Gasteiger charge is -2.05. The SMILES string of the molecule is C/C(=C\c1ccc(Oc2ccccc2)cc1)C(=O)O. The van der Waals surface area contributed by atoms with Gasteiger partial charge in [-0.15, -0.1) is 0 Å². The summed E-state index contributed by atoms with van der Waals surface area (Å²) < 4.78 is 5.65. The number of aliphatic carboxylic acids is 1. The number of ether oxygens (including phenoxy) is 1. The number of carboxylic acid groups (broad SMARTS) is 1. The van der Waals surface area contributed by atoms with Gasteiger partial charge in [-0.25, -0.2) is 4.79 Å². The summed E-state index contributed by atoms with van der Waals surface area (Å²) in [6.45, 7) is 1.57. The summed E-state index contributed by atoms with van der Waals surface area (Å²) >= 11 is 0. The maximum Gasteiger partial charge on any atom is 0.331 e. The van der Waals surface area contributed by atoms with Crippen LogP contribution < -0.4 is 4.74 Å². The lowest BCUT2D eigenvalue weighted by molar-refractivity contribution is -0.132. The van der Waals surface area contributed by atoms with Gasteiger partial charge in [-0.1, -0.05) is 30.3 Å². The standard InChI is InChI=1S/C16H14O3/c1-12(16(17)18)11-13-7-9-15(10-8-13)19-14-5-3-2-4-6-14/h2-11H,1H3,(H,17,18)/b12-11+. The first-order chi connectivity index (χ1) is 9.15. The minimum atomic E-state index is -0.912. The summed E-state index contributed by atoms with van der Waals surface area (Å²) in [5.74, 6) is 0.577. The van der Waals surface area contributed by atoms with Crippen LogP contribution in [-0.2, 0) is 4.79 Å². The molecule has 0 aliphatic carbocycles. The normalized spacial score (nSPS) is 11.1. The van der Waals surface area contributed by atoms with E-state index < -0.39 is 5.97 Å². The Morgan fingerprint density at radius 2 is 1.58 bits per heavy atom. The molecule has 0 saturated carbocycles. The number of carbonyl (C=O) groups is 1. The maximum absolute atomic E-state index is 10.7. The van der Waals surface area contributed by atoms with Crippen LogP contribution in [-0.4, -0.2) is 11.1 Å². The highest BCUT2D eigenvalue weighted by Gasteiger charge is 2.00. The summed E-state index contributed by atoms with van der Waals surface area (Å²) in [4.78, 5) is 10.7. The molecule has 1 N–H and O–H groups in total. The van der Waals surface area contributed by atoms with Crippen LogP contribution in [0.25, 0.3) is 6.08 Å². The van der Waals surface area contributed by atoms with Gasteiger partial charge in [0.05, 0.1) is 0 Å². The van der Waals surface area contributed by atoms with E-state index in [1.807, 2.05) is 54.6 Å². The van der Waals surface area contributed by atoms with Crippen LogP contribution in [0.5, 0.6) is 11.5 Å². The molecular weight excluding hydrogens is 240 g/mol. The lowest BCUT2D eigenvalue weighted by Crippen LogP contribution is -1.95.